The van der Waals surface area contributed by atoms with Gasteiger partial charge in [-0.25, -0.2) is 0 Å². The molecule has 1 atom stereocenters. The van der Waals surface area contributed by atoms with Gasteiger partial charge in [-0.05, 0) is 25.0 Å². The first kappa shape index (κ1) is 11.0. The van der Waals surface area contributed by atoms with Crippen molar-refractivity contribution in [2.75, 3.05) is 17.2 Å². The van der Waals surface area contributed by atoms with Crippen LogP contribution in [0.15, 0.2) is 18.2 Å². The smallest absolute Gasteiger partial charge is 0.229 e. The summed E-state index contributed by atoms with van der Waals surface area (Å²) in [5.41, 5.74) is 3.15. The predicted molar refractivity (Wildman–Crippen MR) is 66.7 cm³/mol. The van der Waals surface area contributed by atoms with Crippen molar-refractivity contribution in [2.24, 2.45) is 5.92 Å². The number of para-hydroxylation sites is 1. The van der Waals surface area contributed by atoms with Gasteiger partial charge in [0.25, 0.3) is 0 Å². The third kappa shape index (κ3) is 2.03. The highest BCUT2D eigenvalue weighted by Crippen LogP contribution is 2.29. The largest absolute Gasteiger partial charge is 0.382 e. The van der Waals surface area contributed by atoms with Crippen molar-refractivity contribution < 1.29 is 4.79 Å². The van der Waals surface area contributed by atoms with Crippen LogP contribution in [-0.4, -0.2) is 12.5 Å². The molecule has 2 N–H and O–H groups in total. The maximum absolute atomic E-state index is 11.9. The summed E-state index contributed by atoms with van der Waals surface area (Å²) >= 11 is 0. The van der Waals surface area contributed by atoms with Gasteiger partial charge < -0.3 is 10.6 Å². The quantitative estimate of drug-likeness (QED) is 0.801. The van der Waals surface area contributed by atoms with E-state index in [4.69, 9.17) is 0 Å². The summed E-state index contributed by atoms with van der Waals surface area (Å²) in [7, 11) is 0. The molecule has 16 heavy (non-hydrogen) atoms. The number of anilines is 2. The molecule has 3 heteroatoms. The molecule has 1 aromatic rings. The van der Waals surface area contributed by atoms with Crippen LogP contribution in [0.2, 0.25) is 0 Å². The fourth-order valence-corrected chi connectivity index (χ4v) is 2.14. The van der Waals surface area contributed by atoms with Gasteiger partial charge in [-0.2, -0.15) is 0 Å². The number of carbonyl (C=O) groups is 1. The molecule has 1 aliphatic rings. The molecule has 1 amide bonds. The minimum Gasteiger partial charge on any atom is -0.382 e. The van der Waals surface area contributed by atoms with Crippen molar-refractivity contribution in [1.29, 1.82) is 0 Å². The molecule has 0 radical (unpaired) electrons. The molecule has 0 bridgehead atoms. The number of fused-ring (bicyclic) bond motifs is 1. The first-order valence-electron chi connectivity index (χ1n) is 5.86. The number of benzene rings is 1. The van der Waals surface area contributed by atoms with Gasteiger partial charge in [0, 0.05) is 6.54 Å². The average Bonchev–Trinajstić information content (AvgIpc) is 2.41. The summed E-state index contributed by atoms with van der Waals surface area (Å²) in [6.45, 7) is 4.90. The molecule has 0 aliphatic carbocycles. The van der Waals surface area contributed by atoms with Gasteiger partial charge in [-0.3, -0.25) is 4.79 Å². The predicted octanol–water partition coefficient (Wildman–Crippen LogP) is 2.78. The summed E-state index contributed by atoms with van der Waals surface area (Å²) in [5, 5.41) is 6.37. The van der Waals surface area contributed by atoms with Crippen LogP contribution in [-0.2, 0) is 4.79 Å². The molecule has 1 unspecified atom stereocenters. The van der Waals surface area contributed by atoms with Gasteiger partial charge in [-0.15, -0.1) is 0 Å². The first-order valence-corrected chi connectivity index (χ1v) is 5.86. The second-order valence-electron chi connectivity index (χ2n) is 4.35. The number of hydrogen-bond acceptors (Lipinski definition) is 2. The Kier molecular flexibility index (Phi) is 3.13. The molecule has 0 fully saturated rings. The molecule has 0 saturated heterocycles. The van der Waals surface area contributed by atoms with Crippen LogP contribution >= 0.6 is 0 Å². The summed E-state index contributed by atoms with van der Waals surface area (Å²) < 4.78 is 0. The number of carbonyl (C=O) groups excluding carboxylic acids is 1. The fourth-order valence-electron chi connectivity index (χ4n) is 2.14. The van der Waals surface area contributed by atoms with E-state index in [0.717, 1.165) is 30.8 Å². The van der Waals surface area contributed by atoms with Crippen molar-refractivity contribution >= 4 is 17.3 Å². The average molecular weight is 218 g/mol. The Morgan fingerprint density at radius 3 is 3.00 bits per heavy atom. The van der Waals surface area contributed by atoms with Crippen molar-refractivity contribution in [1.82, 2.24) is 0 Å². The van der Waals surface area contributed by atoms with E-state index in [1.165, 1.54) is 5.56 Å². The fraction of sp³-hybridized carbons (Fsp3) is 0.462. The third-order valence-electron chi connectivity index (χ3n) is 3.06. The lowest BCUT2D eigenvalue weighted by molar-refractivity contribution is -0.119. The highest BCUT2D eigenvalue weighted by Gasteiger charge is 2.22. The lowest BCUT2D eigenvalue weighted by Crippen LogP contribution is -2.25. The molecule has 86 valence electrons. The van der Waals surface area contributed by atoms with E-state index in [9.17, 15) is 4.79 Å². The molecule has 1 aliphatic heterocycles. The second kappa shape index (κ2) is 4.56. The number of amides is 1. The number of nitrogens with one attached hydrogen (secondary N) is 2. The molecule has 1 heterocycles. The third-order valence-corrected chi connectivity index (χ3v) is 3.06. The van der Waals surface area contributed by atoms with E-state index in [1.54, 1.807) is 0 Å². The van der Waals surface area contributed by atoms with Crippen LogP contribution < -0.4 is 10.6 Å². The first-order chi connectivity index (χ1) is 7.72. The van der Waals surface area contributed by atoms with Gasteiger partial charge in [0.15, 0.2) is 0 Å². The van der Waals surface area contributed by atoms with Crippen molar-refractivity contribution in [3.63, 3.8) is 0 Å². The van der Waals surface area contributed by atoms with Gasteiger partial charge in [-0.1, -0.05) is 25.5 Å². The SMILES string of the molecule is CCCC1CNc2c(C)cccc2NC1=O. The minimum atomic E-state index is 0.0804. The van der Waals surface area contributed by atoms with Gasteiger partial charge >= 0.3 is 0 Å². The Morgan fingerprint density at radius 1 is 1.44 bits per heavy atom. The zero-order chi connectivity index (χ0) is 11.5. The van der Waals surface area contributed by atoms with Crippen molar-refractivity contribution in [3.8, 4) is 0 Å². The minimum absolute atomic E-state index is 0.0804. The van der Waals surface area contributed by atoms with E-state index in [0.29, 0.717) is 0 Å². The van der Waals surface area contributed by atoms with Crippen molar-refractivity contribution in [2.45, 2.75) is 26.7 Å². The van der Waals surface area contributed by atoms with Crippen molar-refractivity contribution in [3.05, 3.63) is 23.8 Å². The van der Waals surface area contributed by atoms with E-state index in [-0.39, 0.29) is 11.8 Å². The normalized spacial score (nSPS) is 19.4. The lowest BCUT2D eigenvalue weighted by Gasteiger charge is -2.11. The van der Waals surface area contributed by atoms with Crippen LogP contribution in [0, 0.1) is 12.8 Å². The Balaban J connectivity index is 2.26. The second-order valence-corrected chi connectivity index (χ2v) is 4.35. The monoisotopic (exact) mass is 218 g/mol. The summed E-state index contributed by atoms with van der Waals surface area (Å²) in [4.78, 5) is 11.9. The van der Waals surface area contributed by atoms with Gasteiger partial charge in [0.1, 0.15) is 0 Å². The van der Waals surface area contributed by atoms with Crippen LogP contribution in [0.4, 0.5) is 11.4 Å². The molecule has 2 rings (SSSR count). The Bertz CT molecular complexity index is 401. The Labute approximate surface area is 96.2 Å². The van der Waals surface area contributed by atoms with Crippen LogP contribution in [0.25, 0.3) is 0 Å². The lowest BCUT2D eigenvalue weighted by atomic mass is 10.0. The Morgan fingerprint density at radius 2 is 2.25 bits per heavy atom. The molecule has 0 spiro atoms. The zero-order valence-corrected chi connectivity index (χ0v) is 9.84. The molecular weight excluding hydrogens is 200 g/mol. The maximum atomic E-state index is 11.9. The van der Waals surface area contributed by atoms with Crippen LogP contribution in [0.3, 0.4) is 0 Å². The van der Waals surface area contributed by atoms with E-state index >= 15 is 0 Å². The maximum Gasteiger partial charge on any atom is 0.229 e. The molecule has 1 aromatic carbocycles. The molecular formula is C13H18N2O. The van der Waals surface area contributed by atoms with Crippen LogP contribution in [0.5, 0.6) is 0 Å². The Hall–Kier alpha value is -1.51. The molecule has 0 aromatic heterocycles. The topological polar surface area (TPSA) is 41.1 Å². The van der Waals surface area contributed by atoms with E-state index in [2.05, 4.69) is 30.5 Å². The van der Waals surface area contributed by atoms with E-state index in [1.807, 2.05) is 12.1 Å². The summed E-state index contributed by atoms with van der Waals surface area (Å²) in [5.74, 6) is 0.218. The summed E-state index contributed by atoms with van der Waals surface area (Å²) in [6.07, 6.45) is 1.97. The summed E-state index contributed by atoms with van der Waals surface area (Å²) in [6, 6.07) is 5.97. The highest BCUT2D eigenvalue weighted by molar-refractivity contribution is 5.98. The van der Waals surface area contributed by atoms with E-state index < -0.39 is 0 Å². The highest BCUT2D eigenvalue weighted by atomic mass is 16.1. The van der Waals surface area contributed by atoms with Gasteiger partial charge in [0.2, 0.25) is 5.91 Å². The zero-order valence-electron chi connectivity index (χ0n) is 9.84. The standard InChI is InChI=1S/C13H18N2O/c1-3-5-10-8-14-12-9(2)6-4-7-11(12)15-13(10)16/h4,6-7,10,14H,3,5,8H2,1-2H3,(H,15,16). The van der Waals surface area contributed by atoms with Gasteiger partial charge in [0.05, 0.1) is 17.3 Å². The number of aryl methyl sites for hydroxylation is 1. The number of hydrogen-bond donors (Lipinski definition) is 2. The molecule has 3 nitrogen and oxygen atoms in total. The van der Waals surface area contributed by atoms with Crippen LogP contribution in [0.1, 0.15) is 25.3 Å². The number of rotatable bonds is 2. The molecule has 0 saturated carbocycles.